The van der Waals surface area contributed by atoms with E-state index in [0.717, 1.165) is 41.9 Å². The first kappa shape index (κ1) is 31.0. The van der Waals surface area contributed by atoms with Crippen molar-refractivity contribution in [1.29, 1.82) is 0 Å². The fraction of sp³-hybridized carbons (Fsp3) is 0.971. The second kappa shape index (κ2) is 12.1. The molecule has 4 aliphatic rings. The second-order valence-electron chi connectivity index (χ2n) is 16.4. The molecule has 0 spiro atoms. The molecule has 4 aliphatic carbocycles. The SMILES string of the molecule is CC(C)C(CCC(C)[C@H]1CC[C@H]2[C@@H]3CCC4CCCC[C@]4(C)[C@H]3CC[C@]12C)CC/[P+]([O-])=C(\O)C[N+](C)(C)C. The maximum absolute atomic E-state index is 12.8. The minimum atomic E-state index is -1.63. The van der Waals surface area contributed by atoms with E-state index in [1.807, 2.05) is 21.1 Å². The number of fused-ring (bicyclic) bond motifs is 5. The fourth-order valence-electron chi connectivity index (χ4n) is 10.7. The highest BCUT2D eigenvalue weighted by Gasteiger charge is 2.60. The molecule has 4 fully saturated rings. The molecule has 0 aromatic rings. The molecule has 220 valence electrons. The first-order valence-electron chi connectivity index (χ1n) is 16.6. The van der Waals surface area contributed by atoms with Crippen LogP contribution in [0.3, 0.4) is 0 Å². The lowest BCUT2D eigenvalue weighted by Gasteiger charge is -2.61. The van der Waals surface area contributed by atoms with E-state index >= 15 is 0 Å². The minimum absolute atomic E-state index is 0.208. The van der Waals surface area contributed by atoms with Crippen LogP contribution in [-0.4, -0.2) is 48.9 Å². The molecule has 0 aliphatic heterocycles. The summed E-state index contributed by atoms with van der Waals surface area (Å²) in [6.45, 7) is 13.2. The van der Waals surface area contributed by atoms with Crippen molar-refractivity contribution in [3.05, 3.63) is 0 Å². The van der Waals surface area contributed by atoms with Crippen LogP contribution in [-0.2, 0) is 0 Å². The number of aliphatic hydroxyl groups is 1. The largest absolute Gasteiger partial charge is 0.629 e. The van der Waals surface area contributed by atoms with Gasteiger partial charge in [-0.15, -0.1) is 0 Å². The van der Waals surface area contributed by atoms with Gasteiger partial charge in [0.05, 0.1) is 28.9 Å². The zero-order chi connectivity index (χ0) is 27.9. The van der Waals surface area contributed by atoms with Crippen molar-refractivity contribution in [2.24, 2.45) is 58.2 Å². The summed E-state index contributed by atoms with van der Waals surface area (Å²) in [5, 5.41) is 10.4. The number of aliphatic hydroxyl groups excluding tert-OH is 1. The van der Waals surface area contributed by atoms with Crippen LogP contribution in [0.1, 0.15) is 118 Å². The van der Waals surface area contributed by atoms with Crippen LogP contribution >= 0.6 is 7.77 Å². The standard InChI is InChI=1S/C34H62NO2P/c1-24(2)26(19-22-38(37)32(36)23-35(6,7)8)13-12-25(3)29-16-17-30-28-15-14-27-11-9-10-20-33(27,4)31(28)18-21-34(29,30)5/h24-31H,9-23H2,1-8H3/p+1/t25?,26?,27?,28-,29+,30-,31-,33-,34+/m0/s1. The fourth-order valence-corrected chi connectivity index (χ4v) is 12.1. The zero-order valence-electron chi connectivity index (χ0n) is 26.5. The Kier molecular flexibility index (Phi) is 9.88. The smallest absolute Gasteiger partial charge is 0.273 e. The highest BCUT2D eigenvalue weighted by Crippen LogP contribution is 2.68. The van der Waals surface area contributed by atoms with Gasteiger partial charge in [-0.25, -0.2) is 0 Å². The summed E-state index contributed by atoms with van der Waals surface area (Å²) >= 11 is 0. The van der Waals surface area contributed by atoms with E-state index < -0.39 is 7.77 Å². The Hall–Kier alpha value is 0.0500. The molecule has 0 radical (unpaired) electrons. The molecule has 4 saturated carbocycles. The van der Waals surface area contributed by atoms with Crippen molar-refractivity contribution in [1.82, 2.24) is 0 Å². The number of hydrogen-bond acceptors (Lipinski definition) is 1. The van der Waals surface area contributed by atoms with Crippen LogP contribution in [0.25, 0.3) is 0 Å². The van der Waals surface area contributed by atoms with Crippen molar-refractivity contribution in [3.8, 4) is 0 Å². The quantitative estimate of drug-likeness (QED) is 0.221. The molecule has 4 rings (SSSR count). The molecular formula is C34H63NO2P+. The lowest BCUT2D eigenvalue weighted by molar-refractivity contribution is -0.861. The Morgan fingerprint density at radius 2 is 1.58 bits per heavy atom. The Morgan fingerprint density at radius 1 is 0.868 bits per heavy atom. The maximum atomic E-state index is 12.8. The topological polar surface area (TPSA) is 43.3 Å². The number of hydrogen-bond donors (Lipinski definition) is 1. The van der Waals surface area contributed by atoms with E-state index in [9.17, 15) is 10.00 Å². The summed E-state index contributed by atoms with van der Waals surface area (Å²) in [6, 6.07) is 0. The van der Waals surface area contributed by atoms with Crippen molar-refractivity contribution < 1.29 is 14.5 Å². The van der Waals surface area contributed by atoms with Crippen LogP contribution in [0.4, 0.5) is 0 Å². The zero-order valence-corrected chi connectivity index (χ0v) is 27.4. The van der Waals surface area contributed by atoms with Crippen LogP contribution < -0.4 is 4.89 Å². The second-order valence-corrected chi connectivity index (χ2v) is 18.2. The molecule has 0 aromatic carbocycles. The minimum Gasteiger partial charge on any atom is -0.629 e. The van der Waals surface area contributed by atoms with E-state index in [1.165, 1.54) is 77.0 Å². The Balaban J connectivity index is 1.35. The highest BCUT2D eigenvalue weighted by molar-refractivity contribution is 7.51. The summed E-state index contributed by atoms with van der Waals surface area (Å²) < 4.78 is 0.626. The van der Waals surface area contributed by atoms with Gasteiger partial charge in [-0.1, -0.05) is 53.9 Å². The summed E-state index contributed by atoms with van der Waals surface area (Å²) in [4.78, 5) is 12.8. The van der Waals surface area contributed by atoms with Gasteiger partial charge in [-0.2, -0.15) is 0 Å². The van der Waals surface area contributed by atoms with E-state index in [0.29, 0.717) is 39.9 Å². The average molecular weight is 549 g/mol. The van der Waals surface area contributed by atoms with Crippen molar-refractivity contribution >= 4 is 13.3 Å². The third-order valence-electron chi connectivity index (χ3n) is 12.9. The molecule has 0 aromatic heterocycles. The van der Waals surface area contributed by atoms with Gasteiger partial charge in [0.15, 0.2) is 6.54 Å². The van der Waals surface area contributed by atoms with Gasteiger partial charge in [-0.3, -0.25) is 0 Å². The summed E-state index contributed by atoms with van der Waals surface area (Å²) in [6.07, 6.45) is 19.2. The molecular weight excluding hydrogens is 485 g/mol. The number of quaternary nitrogens is 1. The Bertz CT molecular complexity index is 833. The van der Waals surface area contributed by atoms with Crippen LogP contribution in [0.5, 0.6) is 0 Å². The monoisotopic (exact) mass is 548 g/mol. The van der Waals surface area contributed by atoms with Gasteiger partial charge in [0.1, 0.15) is 6.16 Å². The van der Waals surface area contributed by atoms with Gasteiger partial charge in [-0.05, 0) is 122 Å². The van der Waals surface area contributed by atoms with Gasteiger partial charge in [0, 0.05) is 0 Å². The molecule has 4 unspecified atom stereocenters. The maximum Gasteiger partial charge on any atom is 0.273 e. The van der Waals surface area contributed by atoms with Gasteiger partial charge >= 0.3 is 0 Å². The molecule has 4 heteroatoms. The molecule has 0 saturated heterocycles. The Morgan fingerprint density at radius 3 is 2.26 bits per heavy atom. The third kappa shape index (κ3) is 6.42. The number of rotatable bonds is 10. The lowest BCUT2D eigenvalue weighted by Crippen LogP contribution is -2.53. The molecule has 0 amide bonds. The van der Waals surface area contributed by atoms with Crippen LogP contribution in [0.15, 0.2) is 0 Å². The average Bonchev–Trinajstić information content (AvgIpc) is 3.19. The summed E-state index contributed by atoms with van der Waals surface area (Å²) in [5.41, 5.74) is 1.41. The number of nitrogens with zero attached hydrogens (tertiary/aromatic N) is 1. The molecule has 3 nitrogen and oxygen atoms in total. The first-order valence-corrected chi connectivity index (χ1v) is 18.0. The van der Waals surface area contributed by atoms with E-state index in [-0.39, 0.29) is 5.48 Å². The van der Waals surface area contributed by atoms with Crippen molar-refractivity contribution in [2.45, 2.75) is 118 Å². The molecule has 38 heavy (non-hydrogen) atoms. The predicted molar refractivity (Wildman–Crippen MR) is 163 cm³/mol. The van der Waals surface area contributed by atoms with E-state index in [4.69, 9.17) is 0 Å². The highest BCUT2D eigenvalue weighted by atomic mass is 31.1. The summed E-state index contributed by atoms with van der Waals surface area (Å²) in [7, 11) is 4.50. The molecule has 0 heterocycles. The molecule has 1 N–H and O–H groups in total. The Labute approximate surface area is 237 Å². The predicted octanol–water partition coefficient (Wildman–Crippen LogP) is 8.08. The van der Waals surface area contributed by atoms with Gasteiger partial charge in [0.25, 0.3) is 5.48 Å². The lowest BCUT2D eigenvalue weighted by atomic mass is 9.44. The van der Waals surface area contributed by atoms with Gasteiger partial charge in [0.2, 0.25) is 0 Å². The van der Waals surface area contributed by atoms with Crippen molar-refractivity contribution in [2.75, 3.05) is 33.8 Å². The van der Waals surface area contributed by atoms with E-state index in [1.54, 1.807) is 0 Å². The van der Waals surface area contributed by atoms with Gasteiger partial charge < -0.3 is 14.5 Å². The third-order valence-corrected chi connectivity index (χ3v) is 14.3. The molecule has 10 atom stereocenters. The normalized spacial score (nSPS) is 39.7. The van der Waals surface area contributed by atoms with E-state index in [2.05, 4.69) is 34.6 Å². The molecule has 0 bridgehead atoms. The van der Waals surface area contributed by atoms with Crippen LogP contribution in [0, 0.1) is 58.2 Å². The van der Waals surface area contributed by atoms with Crippen LogP contribution in [0.2, 0.25) is 0 Å². The summed E-state index contributed by atoms with van der Waals surface area (Å²) in [5.74, 6) is 6.89. The number of likely N-dealkylation sites (N-methyl/N-ethyl adjacent to an activating group) is 1. The first-order chi connectivity index (χ1) is 17.8. The van der Waals surface area contributed by atoms with Crippen molar-refractivity contribution in [3.63, 3.8) is 0 Å².